The summed E-state index contributed by atoms with van der Waals surface area (Å²) in [7, 11) is -3.23. The topological polar surface area (TPSA) is 79.5 Å². The molecule has 0 atom stereocenters. The zero-order chi connectivity index (χ0) is 14.9. The Morgan fingerprint density at radius 3 is 2.47 bits per heavy atom. The molecule has 0 aliphatic rings. The maximum absolute atomic E-state index is 11.2. The highest BCUT2D eigenvalue weighted by Gasteiger charge is 2.21. The van der Waals surface area contributed by atoms with Gasteiger partial charge in [0.15, 0.2) is 5.11 Å². The summed E-state index contributed by atoms with van der Waals surface area (Å²) in [5, 5.41) is 6.54. The van der Waals surface area contributed by atoms with E-state index in [1.165, 1.54) is 0 Å². The molecule has 0 aliphatic heterocycles. The molecule has 0 bridgehead atoms. The highest BCUT2D eigenvalue weighted by molar-refractivity contribution is 7.88. The second kappa shape index (κ2) is 8.68. The summed E-state index contributed by atoms with van der Waals surface area (Å²) in [5.41, 5.74) is -0.593. The fourth-order valence-corrected chi connectivity index (χ4v) is 2.67. The van der Waals surface area contributed by atoms with Gasteiger partial charge in [0, 0.05) is 31.8 Å². The molecule has 0 fully saturated rings. The molecule has 0 heterocycles. The maximum Gasteiger partial charge on any atom is 0.209 e. The third kappa shape index (κ3) is 12.3. The molecule has 0 rings (SSSR count). The minimum Gasteiger partial charge on any atom is -0.382 e. The van der Waals surface area contributed by atoms with E-state index in [1.54, 1.807) is 13.8 Å². The maximum atomic E-state index is 11.2. The van der Waals surface area contributed by atoms with E-state index in [-0.39, 0.29) is 0 Å². The Morgan fingerprint density at radius 2 is 1.95 bits per heavy atom. The number of nitrogens with one attached hydrogen (secondary N) is 3. The molecule has 8 heteroatoms. The summed E-state index contributed by atoms with van der Waals surface area (Å²) in [6.07, 6.45) is 2.01. The minimum absolute atomic E-state index is 0.414. The summed E-state index contributed by atoms with van der Waals surface area (Å²) in [6, 6.07) is 0. The van der Waals surface area contributed by atoms with Crippen LogP contribution in [0.4, 0.5) is 0 Å². The van der Waals surface area contributed by atoms with E-state index in [0.29, 0.717) is 24.9 Å². The van der Waals surface area contributed by atoms with Gasteiger partial charge in [0.2, 0.25) is 10.0 Å². The summed E-state index contributed by atoms with van der Waals surface area (Å²) in [4.78, 5) is 0. The van der Waals surface area contributed by atoms with Crippen LogP contribution in [0.3, 0.4) is 0 Å². The molecule has 0 aliphatic carbocycles. The molecule has 0 aromatic rings. The molecular formula is C11H25N3O3S2. The van der Waals surface area contributed by atoms with Crippen LogP contribution in [0.25, 0.3) is 0 Å². The van der Waals surface area contributed by atoms with Crippen molar-refractivity contribution < 1.29 is 13.2 Å². The largest absolute Gasteiger partial charge is 0.382 e. The Hall–Kier alpha value is -0.440. The summed E-state index contributed by atoms with van der Waals surface area (Å²) < 4.78 is 30.1. The molecule has 114 valence electrons. The van der Waals surface area contributed by atoms with E-state index in [1.807, 2.05) is 6.92 Å². The van der Waals surface area contributed by atoms with Crippen LogP contribution in [0, 0.1) is 0 Å². The number of sulfonamides is 1. The van der Waals surface area contributed by atoms with Crippen molar-refractivity contribution in [3.63, 3.8) is 0 Å². The van der Waals surface area contributed by atoms with Gasteiger partial charge in [-0.3, -0.25) is 0 Å². The van der Waals surface area contributed by atoms with Gasteiger partial charge in [-0.1, -0.05) is 0 Å². The monoisotopic (exact) mass is 311 g/mol. The first kappa shape index (κ1) is 18.6. The number of ether oxygens (including phenoxy) is 1. The van der Waals surface area contributed by atoms with Gasteiger partial charge in [0.25, 0.3) is 0 Å². The molecule has 0 saturated carbocycles. The Morgan fingerprint density at radius 1 is 1.32 bits per heavy atom. The van der Waals surface area contributed by atoms with Gasteiger partial charge in [0.05, 0.1) is 6.26 Å². The van der Waals surface area contributed by atoms with Crippen LogP contribution < -0.4 is 15.4 Å². The van der Waals surface area contributed by atoms with E-state index in [2.05, 4.69) is 15.4 Å². The predicted octanol–water partition coefficient (Wildman–Crippen LogP) is 0.205. The van der Waals surface area contributed by atoms with Crippen LogP contribution in [0.1, 0.15) is 27.2 Å². The summed E-state index contributed by atoms with van der Waals surface area (Å²) in [6.45, 7) is 8.10. The first-order valence-corrected chi connectivity index (χ1v) is 8.54. The second-order valence-corrected chi connectivity index (χ2v) is 7.07. The van der Waals surface area contributed by atoms with E-state index < -0.39 is 15.6 Å². The second-order valence-electron chi connectivity index (χ2n) is 4.92. The lowest BCUT2D eigenvalue weighted by Gasteiger charge is -2.26. The molecule has 0 spiro atoms. The molecular weight excluding hydrogens is 286 g/mol. The number of rotatable bonds is 9. The molecule has 3 N–H and O–H groups in total. The van der Waals surface area contributed by atoms with Crippen LogP contribution in [0.5, 0.6) is 0 Å². The van der Waals surface area contributed by atoms with Crippen LogP contribution in [-0.2, 0) is 14.8 Å². The molecule has 0 unspecified atom stereocenters. The van der Waals surface area contributed by atoms with E-state index in [0.717, 1.165) is 19.2 Å². The van der Waals surface area contributed by atoms with Crippen LogP contribution in [0.15, 0.2) is 0 Å². The third-order valence-corrected chi connectivity index (χ3v) is 3.32. The van der Waals surface area contributed by atoms with Gasteiger partial charge in [-0.25, -0.2) is 13.1 Å². The zero-order valence-corrected chi connectivity index (χ0v) is 13.7. The Bertz CT molecular complexity index is 369. The first-order chi connectivity index (χ1) is 8.66. The van der Waals surface area contributed by atoms with Gasteiger partial charge in [0.1, 0.15) is 0 Å². The third-order valence-electron chi connectivity index (χ3n) is 2.11. The first-order valence-electron chi connectivity index (χ1n) is 6.24. The Balaban J connectivity index is 3.83. The van der Waals surface area contributed by atoms with Crippen molar-refractivity contribution in [1.29, 1.82) is 0 Å². The van der Waals surface area contributed by atoms with Crippen molar-refractivity contribution in [1.82, 2.24) is 15.4 Å². The minimum atomic E-state index is -3.23. The van der Waals surface area contributed by atoms with Crippen LogP contribution >= 0.6 is 12.2 Å². The van der Waals surface area contributed by atoms with E-state index >= 15 is 0 Å². The standard InChI is InChI=1S/C11H25N3O3S2/c1-5-17-8-6-7-12-10(18)13-9-11(2,3)14-19(4,15)16/h14H,5-9H2,1-4H3,(H2,12,13,18). The van der Waals surface area contributed by atoms with Gasteiger partial charge in [-0.05, 0) is 39.4 Å². The lowest BCUT2D eigenvalue weighted by Crippen LogP contribution is -2.52. The van der Waals surface area contributed by atoms with Crippen molar-refractivity contribution >= 4 is 27.4 Å². The van der Waals surface area contributed by atoms with Gasteiger partial charge < -0.3 is 15.4 Å². The van der Waals surface area contributed by atoms with Crippen molar-refractivity contribution in [2.24, 2.45) is 0 Å². The van der Waals surface area contributed by atoms with Gasteiger partial charge in [-0.15, -0.1) is 0 Å². The number of thiocarbonyl (C=S) groups is 1. The lowest BCUT2D eigenvalue weighted by atomic mass is 10.1. The molecule has 0 saturated heterocycles. The van der Waals surface area contributed by atoms with E-state index in [9.17, 15) is 8.42 Å². The molecule has 0 aromatic heterocycles. The smallest absolute Gasteiger partial charge is 0.209 e. The molecule has 0 aromatic carbocycles. The van der Waals surface area contributed by atoms with Crippen molar-refractivity contribution in [2.45, 2.75) is 32.7 Å². The summed E-state index contributed by atoms with van der Waals surface area (Å²) >= 11 is 5.10. The number of hydrogen-bond donors (Lipinski definition) is 3. The zero-order valence-electron chi connectivity index (χ0n) is 12.1. The van der Waals surface area contributed by atoms with Crippen molar-refractivity contribution in [3.05, 3.63) is 0 Å². The molecule has 19 heavy (non-hydrogen) atoms. The Kier molecular flexibility index (Phi) is 8.47. The van der Waals surface area contributed by atoms with Crippen molar-refractivity contribution in [2.75, 3.05) is 32.6 Å². The fraction of sp³-hybridized carbons (Fsp3) is 0.909. The summed E-state index contributed by atoms with van der Waals surface area (Å²) in [5.74, 6) is 0. The van der Waals surface area contributed by atoms with Crippen molar-refractivity contribution in [3.8, 4) is 0 Å². The van der Waals surface area contributed by atoms with Crippen LogP contribution in [-0.4, -0.2) is 51.6 Å². The SMILES string of the molecule is CCOCCCNC(=S)NCC(C)(C)NS(C)(=O)=O. The van der Waals surface area contributed by atoms with Gasteiger partial charge in [-0.2, -0.15) is 0 Å². The average molecular weight is 311 g/mol. The molecule has 0 amide bonds. The average Bonchev–Trinajstić information content (AvgIpc) is 2.23. The highest BCUT2D eigenvalue weighted by Crippen LogP contribution is 2.01. The van der Waals surface area contributed by atoms with Gasteiger partial charge >= 0.3 is 0 Å². The fourth-order valence-electron chi connectivity index (χ4n) is 1.42. The predicted molar refractivity (Wildman–Crippen MR) is 81.8 cm³/mol. The molecule has 0 radical (unpaired) electrons. The van der Waals surface area contributed by atoms with E-state index in [4.69, 9.17) is 17.0 Å². The quantitative estimate of drug-likeness (QED) is 0.417. The molecule has 6 nitrogen and oxygen atoms in total. The highest BCUT2D eigenvalue weighted by atomic mass is 32.2. The number of hydrogen-bond acceptors (Lipinski definition) is 4. The Labute approximate surface area is 121 Å². The lowest BCUT2D eigenvalue weighted by molar-refractivity contribution is 0.145. The normalized spacial score (nSPS) is 12.2. The van der Waals surface area contributed by atoms with Crippen LogP contribution in [0.2, 0.25) is 0 Å².